The summed E-state index contributed by atoms with van der Waals surface area (Å²) in [6.45, 7) is 14.4. The number of piperidine rings is 1. The highest BCUT2D eigenvalue weighted by Crippen LogP contribution is 2.20. The molecule has 0 aromatic carbocycles. The number of piperazine rings is 1. The van der Waals surface area contributed by atoms with Crippen LogP contribution >= 0.6 is 0 Å². The van der Waals surface area contributed by atoms with Crippen molar-refractivity contribution in [3.05, 3.63) is 0 Å². The van der Waals surface area contributed by atoms with E-state index in [1.54, 1.807) is 0 Å². The molecule has 0 bridgehead atoms. The molecule has 0 aromatic heterocycles. The van der Waals surface area contributed by atoms with Crippen molar-refractivity contribution in [3.63, 3.8) is 0 Å². The SMILES string of the molecule is CC(C)(C)NCCCN1CCN2CCCCC2C1. The highest BCUT2D eigenvalue weighted by atomic mass is 15.3. The van der Waals surface area contributed by atoms with E-state index in [9.17, 15) is 0 Å². The fourth-order valence-electron chi connectivity index (χ4n) is 3.19. The van der Waals surface area contributed by atoms with Crippen LogP contribution in [0.3, 0.4) is 0 Å². The first-order chi connectivity index (χ1) is 8.54. The van der Waals surface area contributed by atoms with Crippen LogP contribution in [0, 0.1) is 0 Å². The van der Waals surface area contributed by atoms with Gasteiger partial charge in [0.1, 0.15) is 0 Å². The molecule has 0 aromatic rings. The molecule has 2 saturated heterocycles. The Morgan fingerprint density at radius 1 is 1.11 bits per heavy atom. The van der Waals surface area contributed by atoms with Gasteiger partial charge in [-0.05, 0) is 59.7 Å². The Kier molecular flexibility index (Phi) is 5.05. The normalized spacial score (nSPS) is 27.2. The maximum absolute atomic E-state index is 3.58. The largest absolute Gasteiger partial charge is 0.312 e. The average molecular weight is 253 g/mol. The standard InChI is InChI=1S/C15H31N3/c1-15(2,3)16-8-6-9-17-11-12-18-10-5-4-7-14(18)13-17/h14,16H,4-13H2,1-3H3. The lowest BCUT2D eigenvalue weighted by atomic mass is 9.99. The third-order valence-corrected chi connectivity index (χ3v) is 4.23. The van der Waals surface area contributed by atoms with Crippen LogP contribution in [0.2, 0.25) is 0 Å². The molecule has 3 nitrogen and oxygen atoms in total. The van der Waals surface area contributed by atoms with Crippen molar-refractivity contribution in [2.24, 2.45) is 0 Å². The van der Waals surface area contributed by atoms with E-state index in [-0.39, 0.29) is 5.54 Å². The van der Waals surface area contributed by atoms with Crippen molar-refractivity contribution in [2.75, 3.05) is 39.3 Å². The Morgan fingerprint density at radius 2 is 1.94 bits per heavy atom. The second kappa shape index (κ2) is 6.36. The van der Waals surface area contributed by atoms with Gasteiger partial charge in [0.05, 0.1) is 0 Å². The summed E-state index contributed by atoms with van der Waals surface area (Å²) < 4.78 is 0. The summed E-state index contributed by atoms with van der Waals surface area (Å²) in [4.78, 5) is 5.39. The van der Waals surface area contributed by atoms with Crippen LogP contribution in [-0.2, 0) is 0 Å². The van der Waals surface area contributed by atoms with Gasteiger partial charge in [0.25, 0.3) is 0 Å². The van der Waals surface area contributed by atoms with Gasteiger partial charge in [0.15, 0.2) is 0 Å². The Morgan fingerprint density at radius 3 is 2.72 bits per heavy atom. The number of rotatable bonds is 4. The third kappa shape index (κ3) is 4.52. The molecular weight excluding hydrogens is 222 g/mol. The van der Waals surface area contributed by atoms with E-state index in [0.29, 0.717) is 0 Å². The maximum Gasteiger partial charge on any atom is 0.0223 e. The summed E-state index contributed by atoms with van der Waals surface area (Å²) in [6.07, 6.45) is 5.58. The Balaban J connectivity index is 1.62. The molecule has 106 valence electrons. The molecule has 0 saturated carbocycles. The molecule has 18 heavy (non-hydrogen) atoms. The molecule has 2 fully saturated rings. The van der Waals surface area contributed by atoms with Gasteiger partial charge in [-0.25, -0.2) is 0 Å². The third-order valence-electron chi connectivity index (χ3n) is 4.23. The molecule has 0 radical (unpaired) electrons. The monoisotopic (exact) mass is 253 g/mol. The van der Waals surface area contributed by atoms with Crippen LogP contribution < -0.4 is 5.32 Å². The predicted octanol–water partition coefficient (Wildman–Crippen LogP) is 1.93. The number of hydrogen-bond donors (Lipinski definition) is 1. The van der Waals surface area contributed by atoms with Crippen LogP contribution in [0.4, 0.5) is 0 Å². The zero-order valence-electron chi connectivity index (χ0n) is 12.5. The fraction of sp³-hybridized carbons (Fsp3) is 1.00. The number of hydrogen-bond acceptors (Lipinski definition) is 3. The molecule has 1 atom stereocenters. The van der Waals surface area contributed by atoms with Gasteiger partial charge < -0.3 is 10.2 Å². The van der Waals surface area contributed by atoms with Crippen molar-refractivity contribution >= 4 is 0 Å². The first-order valence-corrected chi connectivity index (χ1v) is 7.76. The molecular formula is C15H31N3. The van der Waals surface area contributed by atoms with E-state index < -0.39 is 0 Å². The molecule has 0 aliphatic carbocycles. The van der Waals surface area contributed by atoms with E-state index in [2.05, 4.69) is 35.9 Å². The first kappa shape index (κ1) is 14.3. The van der Waals surface area contributed by atoms with Gasteiger partial charge in [-0.15, -0.1) is 0 Å². The zero-order chi connectivity index (χ0) is 13.0. The van der Waals surface area contributed by atoms with Crippen LogP contribution in [0.1, 0.15) is 46.5 Å². The molecule has 0 spiro atoms. The summed E-state index contributed by atoms with van der Waals surface area (Å²) in [5.41, 5.74) is 0.266. The Hall–Kier alpha value is -0.120. The Labute approximate surface area is 113 Å². The summed E-state index contributed by atoms with van der Waals surface area (Å²) in [7, 11) is 0. The minimum atomic E-state index is 0.266. The second-order valence-corrected chi connectivity index (χ2v) is 7.02. The smallest absolute Gasteiger partial charge is 0.0223 e. The van der Waals surface area contributed by atoms with Gasteiger partial charge in [-0.3, -0.25) is 4.90 Å². The molecule has 2 aliphatic rings. The van der Waals surface area contributed by atoms with E-state index >= 15 is 0 Å². The molecule has 0 amide bonds. The van der Waals surface area contributed by atoms with Crippen LogP contribution in [0.5, 0.6) is 0 Å². The predicted molar refractivity (Wildman–Crippen MR) is 78.0 cm³/mol. The quantitative estimate of drug-likeness (QED) is 0.773. The fourth-order valence-corrected chi connectivity index (χ4v) is 3.19. The van der Waals surface area contributed by atoms with Crippen molar-refractivity contribution in [2.45, 2.75) is 58.0 Å². The Bertz CT molecular complexity index is 247. The highest BCUT2D eigenvalue weighted by Gasteiger charge is 2.28. The molecule has 1 unspecified atom stereocenters. The minimum Gasteiger partial charge on any atom is -0.312 e. The minimum absolute atomic E-state index is 0.266. The average Bonchev–Trinajstić information content (AvgIpc) is 2.33. The van der Waals surface area contributed by atoms with Crippen LogP contribution in [0.25, 0.3) is 0 Å². The summed E-state index contributed by atoms with van der Waals surface area (Å²) >= 11 is 0. The van der Waals surface area contributed by atoms with Crippen molar-refractivity contribution < 1.29 is 0 Å². The second-order valence-electron chi connectivity index (χ2n) is 7.02. The zero-order valence-corrected chi connectivity index (χ0v) is 12.5. The molecule has 2 aliphatic heterocycles. The van der Waals surface area contributed by atoms with Gasteiger partial charge in [-0.2, -0.15) is 0 Å². The van der Waals surface area contributed by atoms with Gasteiger partial charge >= 0.3 is 0 Å². The van der Waals surface area contributed by atoms with E-state index in [1.165, 1.54) is 58.4 Å². The highest BCUT2D eigenvalue weighted by molar-refractivity contribution is 4.85. The van der Waals surface area contributed by atoms with Crippen molar-refractivity contribution in [1.29, 1.82) is 0 Å². The lowest BCUT2D eigenvalue weighted by Crippen LogP contribution is -2.55. The lowest BCUT2D eigenvalue weighted by molar-refractivity contribution is 0.0488. The van der Waals surface area contributed by atoms with Crippen LogP contribution in [-0.4, -0.2) is 60.6 Å². The van der Waals surface area contributed by atoms with Crippen LogP contribution in [0.15, 0.2) is 0 Å². The van der Waals surface area contributed by atoms with E-state index in [0.717, 1.165) is 12.6 Å². The van der Waals surface area contributed by atoms with E-state index in [4.69, 9.17) is 0 Å². The maximum atomic E-state index is 3.58. The summed E-state index contributed by atoms with van der Waals surface area (Å²) in [6, 6.07) is 0.864. The molecule has 2 heterocycles. The summed E-state index contributed by atoms with van der Waals surface area (Å²) in [5.74, 6) is 0. The van der Waals surface area contributed by atoms with Crippen molar-refractivity contribution in [3.8, 4) is 0 Å². The van der Waals surface area contributed by atoms with E-state index in [1.807, 2.05) is 0 Å². The molecule has 2 rings (SSSR count). The van der Waals surface area contributed by atoms with Gasteiger partial charge in [-0.1, -0.05) is 6.42 Å². The number of nitrogens with one attached hydrogen (secondary N) is 1. The molecule has 1 N–H and O–H groups in total. The lowest BCUT2D eigenvalue weighted by Gasteiger charge is -2.44. The number of fused-ring (bicyclic) bond motifs is 1. The first-order valence-electron chi connectivity index (χ1n) is 7.76. The van der Waals surface area contributed by atoms with Gasteiger partial charge in [0, 0.05) is 31.2 Å². The molecule has 3 heteroatoms. The van der Waals surface area contributed by atoms with Gasteiger partial charge in [0.2, 0.25) is 0 Å². The number of nitrogens with zero attached hydrogens (tertiary/aromatic N) is 2. The topological polar surface area (TPSA) is 18.5 Å². The van der Waals surface area contributed by atoms with Crippen molar-refractivity contribution in [1.82, 2.24) is 15.1 Å². The summed E-state index contributed by atoms with van der Waals surface area (Å²) in [5, 5.41) is 3.58.